The van der Waals surface area contributed by atoms with Crippen molar-refractivity contribution in [2.45, 2.75) is 39.8 Å². The maximum Gasteiger partial charge on any atom is 0.343 e. The summed E-state index contributed by atoms with van der Waals surface area (Å²) < 4.78 is 24.8. The minimum absolute atomic E-state index is 0.125. The molecule has 0 N–H and O–H groups in total. The van der Waals surface area contributed by atoms with Crippen molar-refractivity contribution >= 4 is 61.2 Å². The third kappa shape index (κ3) is 6.65. The van der Waals surface area contributed by atoms with E-state index in [0.717, 1.165) is 0 Å². The Morgan fingerprint density at radius 2 is 1.85 bits per heavy atom. The first-order valence-electron chi connectivity index (χ1n) is 12.7. The number of allylic oxidation sites excluding steroid dienone is 1. The summed E-state index contributed by atoms with van der Waals surface area (Å²) in [7, 11) is 1.28. The zero-order chi connectivity index (χ0) is 29.8. The Morgan fingerprint density at radius 3 is 2.49 bits per heavy atom. The summed E-state index contributed by atoms with van der Waals surface area (Å²) in [5.41, 5.74) is 1.79. The van der Waals surface area contributed by atoms with Gasteiger partial charge < -0.3 is 18.9 Å². The number of hydrogen-bond donors (Lipinski definition) is 0. The molecule has 0 bridgehead atoms. The molecule has 1 aromatic heterocycles. The van der Waals surface area contributed by atoms with Crippen LogP contribution in [0.2, 0.25) is 0 Å². The molecule has 4 rings (SSSR count). The minimum Gasteiger partial charge on any atom is -0.491 e. The number of thiazole rings is 1. The smallest absolute Gasteiger partial charge is 0.343 e. The van der Waals surface area contributed by atoms with Gasteiger partial charge in [0.15, 0.2) is 11.4 Å². The molecule has 9 nitrogen and oxygen atoms in total. The summed E-state index contributed by atoms with van der Waals surface area (Å²) in [6, 6.07) is 10.1. The number of methoxy groups -OCH3 is 1. The molecule has 1 aliphatic rings. The maximum atomic E-state index is 14.0. The van der Waals surface area contributed by atoms with Crippen LogP contribution in [0.15, 0.2) is 66.4 Å². The van der Waals surface area contributed by atoms with Gasteiger partial charge in [0.2, 0.25) is 0 Å². The van der Waals surface area contributed by atoms with Crippen LogP contribution in [-0.4, -0.2) is 42.9 Å². The fourth-order valence-corrected chi connectivity index (χ4v) is 6.79. The van der Waals surface area contributed by atoms with Crippen LogP contribution >= 0.6 is 43.2 Å². The van der Waals surface area contributed by atoms with Crippen molar-refractivity contribution in [3.05, 3.63) is 87.4 Å². The second-order valence-corrected chi connectivity index (χ2v) is 11.9. The van der Waals surface area contributed by atoms with Crippen molar-refractivity contribution in [3.8, 4) is 11.5 Å². The summed E-state index contributed by atoms with van der Waals surface area (Å²) in [5.74, 6) is -0.0661. The normalized spacial score (nSPS) is 14.9. The predicted octanol–water partition coefficient (Wildman–Crippen LogP) is 4.66. The van der Waals surface area contributed by atoms with E-state index in [1.165, 1.54) is 23.0 Å². The number of aromatic nitrogens is 1. The van der Waals surface area contributed by atoms with Gasteiger partial charge in [-0.2, -0.15) is 0 Å². The van der Waals surface area contributed by atoms with Crippen LogP contribution in [-0.2, 0) is 19.1 Å². The van der Waals surface area contributed by atoms with Crippen LogP contribution in [0.4, 0.5) is 0 Å². The molecule has 0 spiro atoms. The molecule has 0 radical (unpaired) electrons. The van der Waals surface area contributed by atoms with E-state index in [0.29, 0.717) is 46.6 Å². The van der Waals surface area contributed by atoms with Gasteiger partial charge in [-0.3, -0.25) is 9.36 Å². The van der Waals surface area contributed by atoms with Crippen LogP contribution in [0, 0.1) is 0 Å². The molecule has 2 aromatic carbocycles. The minimum atomic E-state index is -0.796. The lowest BCUT2D eigenvalue weighted by atomic mass is 9.95. The third-order valence-corrected chi connectivity index (χ3v) is 8.13. The average molecular weight is 708 g/mol. The molecule has 0 fully saturated rings. The third-order valence-electron chi connectivity index (χ3n) is 5.97. The lowest BCUT2D eigenvalue weighted by molar-refractivity contribution is -0.143. The Labute approximate surface area is 257 Å². The van der Waals surface area contributed by atoms with Gasteiger partial charge in [-0.15, -0.1) is 0 Å². The molecular weight excluding hydrogens is 680 g/mol. The molecule has 3 aromatic rings. The Kier molecular flexibility index (Phi) is 9.88. The molecule has 0 amide bonds. The zero-order valence-electron chi connectivity index (χ0n) is 23.0. The highest BCUT2D eigenvalue weighted by atomic mass is 79.9. The SMILES string of the molecule is CCOC(=O)C1=C(C)N=c2s/c(=C/c3cc(Br)c(OCC(=O)OC)c(Br)c3)c(=O)n2[C@H]1c1ccccc1OC(C)C. The number of para-hydroxylation sites is 1. The molecule has 1 aliphatic heterocycles. The van der Waals surface area contributed by atoms with E-state index in [1.54, 1.807) is 32.1 Å². The maximum absolute atomic E-state index is 14.0. The van der Waals surface area contributed by atoms with E-state index in [9.17, 15) is 14.4 Å². The molecule has 2 heterocycles. The highest BCUT2D eigenvalue weighted by Gasteiger charge is 2.35. The summed E-state index contributed by atoms with van der Waals surface area (Å²) in [6.45, 7) is 7.23. The van der Waals surface area contributed by atoms with E-state index in [1.807, 2.05) is 38.1 Å². The van der Waals surface area contributed by atoms with Crippen LogP contribution in [0.5, 0.6) is 11.5 Å². The van der Waals surface area contributed by atoms with Gasteiger partial charge in [0.25, 0.3) is 5.56 Å². The van der Waals surface area contributed by atoms with E-state index in [2.05, 4.69) is 41.6 Å². The van der Waals surface area contributed by atoms with Gasteiger partial charge in [0.1, 0.15) is 17.5 Å². The number of nitrogens with zero attached hydrogens (tertiary/aromatic N) is 2. The lowest BCUT2D eigenvalue weighted by Gasteiger charge is -2.26. The lowest BCUT2D eigenvalue weighted by Crippen LogP contribution is -2.40. The predicted molar refractivity (Wildman–Crippen MR) is 162 cm³/mol. The molecule has 12 heteroatoms. The quantitative estimate of drug-likeness (QED) is 0.298. The highest BCUT2D eigenvalue weighted by Crippen LogP contribution is 2.37. The van der Waals surface area contributed by atoms with Gasteiger partial charge in [-0.05, 0) is 89.4 Å². The Hall–Kier alpha value is -3.22. The number of hydrogen-bond acceptors (Lipinski definition) is 9. The van der Waals surface area contributed by atoms with Crippen molar-refractivity contribution in [1.29, 1.82) is 0 Å². The number of esters is 2. The standard InChI is InChI=1S/C29H28Br2N2O7S/c1-6-38-28(36)24-16(4)32-29-33(25(24)18-9-7-8-10-21(18)40-15(2)3)27(35)22(41-29)13-17-11-19(30)26(20(31)12-17)39-14-23(34)37-5/h7-13,15,25H,6,14H2,1-5H3/b22-13+/t25-/m0/s1. The number of carbonyl (C=O) groups is 2. The highest BCUT2D eigenvalue weighted by molar-refractivity contribution is 9.11. The van der Waals surface area contributed by atoms with Crippen LogP contribution in [0.25, 0.3) is 6.08 Å². The average Bonchev–Trinajstić information content (AvgIpc) is 3.21. The number of rotatable bonds is 9. The van der Waals surface area contributed by atoms with Crippen molar-refractivity contribution < 1.29 is 28.5 Å². The molecular formula is C29H28Br2N2O7S. The van der Waals surface area contributed by atoms with Crippen molar-refractivity contribution in [2.75, 3.05) is 20.3 Å². The summed E-state index contributed by atoms with van der Waals surface area (Å²) >= 11 is 8.17. The van der Waals surface area contributed by atoms with Crippen LogP contribution in [0.1, 0.15) is 44.9 Å². The monoisotopic (exact) mass is 706 g/mol. The molecule has 0 saturated carbocycles. The topological polar surface area (TPSA) is 105 Å². The Bertz CT molecular complexity index is 1690. The molecule has 1 atom stereocenters. The first-order valence-corrected chi connectivity index (χ1v) is 15.1. The Balaban J connectivity index is 1.88. The molecule has 41 heavy (non-hydrogen) atoms. The van der Waals surface area contributed by atoms with E-state index < -0.39 is 18.0 Å². The molecule has 0 saturated heterocycles. The van der Waals surface area contributed by atoms with Crippen LogP contribution < -0.4 is 24.4 Å². The number of benzene rings is 2. The molecule has 216 valence electrons. The molecule has 0 unspecified atom stereocenters. The second kappa shape index (κ2) is 13.2. The summed E-state index contributed by atoms with van der Waals surface area (Å²) in [5, 5.41) is 0. The van der Waals surface area contributed by atoms with E-state index in [-0.39, 0.29) is 30.5 Å². The van der Waals surface area contributed by atoms with E-state index in [4.69, 9.17) is 14.2 Å². The largest absolute Gasteiger partial charge is 0.491 e. The number of halogens is 2. The number of carbonyl (C=O) groups excluding carboxylic acids is 2. The van der Waals surface area contributed by atoms with Crippen molar-refractivity contribution in [1.82, 2.24) is 4.57 Å². The van der Waals surface area contributed by atoms with Gasteiger partial charge in [-0.1, -0.05) is 29.5 Å². The number of fused-ring (bicyclic) bond motifs is 1. The Morgan fingerprint density at radius 1 is 1.17 bits per heavy atom. The van der Waals surface area contributed by atoms with Gasteiger partial charge >= 0.3 is 11.9 Å². The summed E-state index contributed by atoms with van der Waals surface area (Å²) in [6.07, 6.45) is 1.61. The first kappa shape index (κ1) is 30.7. The molecule has 0 aliphatic carbocycles. The fourth-order valence-electron chi connectivity index (χ4n) is 4.30. The van der Waals surface area contributed by atoms with Crippen LogP contribution in [0.3, 0.4) is 0 Å². The fraction of sp³-hybridized carbons (Fsp3) is 0.310. The number of ether oxygens (including phenoxy) is 4. The van der Waals surface area contributed by atoms with Gasteiger partial charge in [-0.25, -0.2) is 14.6 Å². The summed E-state index contributed by atoms with van der Waals surface area (Å²) in [4.78, 5) is 43.8. The van der Waals surface area contributed by atoms with Crippen molar-refractivity contribution in [3.63, 3.8) is 0 Å². The first-order chi connectivity index (χ1) is 19.5. The van der Waals surface area contributed by atoms with Gasteiger partial charge in [0.05, 0.1) is 44.6 Å². The van der Waals surface area contributed by atoms with E-state index >= 15 is 0 Å². The second-order valence-electron chi connectivity index (χ2n) is 9.19. The zero-order valence-corrected chi connectivity index (χ0v) is 27.0. The van der Waals surface area contributed by atoms with Crippen molar-refractivity contribution in [2.24, 2.45) is 4.99 Å². The van der Waals surface area contributed by atoms with Gasteiger partial charge in [0, 0.05) is 5.56 Å².